The Kier molecular flexibility index (Phi) is 5.35. The molecule has 2 aromatic carbocycles. The van der Waals surface area contributed by atoms with E-state index in [2.05, 4.69) is 20.6 Å². The number of nitrogens with one attached hydrogen (secondary N) is 2. The van der Waals surface area contributed by atoms with Crippen LogP contribution in [0.4, 0.5) is 9.52 Å². The Bertz CT molecular complexity index is 1180. The number of halogens is 1. The number of rotatable bonds is 6. The van der Waals surface area contributed by atoms with Gasteiger partial charge < -0.3 is 15.4 Å². The fourth-order valence-corrected chi connectivity index (χ4v) is 3.61. The first kappa shape index (κ1) is 18.8. The number of nitrogens with zero attached hydrogens (tertiary/aromatic N) is 2. The summed E-state index contributed by atoms with van der Waals surface area (Å²) < 4.78 is 20.5. The van der Waals surface area contributed by atoms with E-state index in [1.54, 1.807) is 37.4 Å². The van der Waals surface area contributed by atoms with Crippen molar-refractivity contribution in [1.29, 1.82) is 0 Å². The number of amides is 1. The molecule has 1 amide bonds. The molecule has 2 aromatic heterocycles. The maximum absolute atomic E-state index is 13.8. The Hall–Kier alpha value is -3.52. The standard InChI is InChI=1S/C21H17FN4O2S/c1-23-20(27)18-10-15(8-9-24-18)28-14-6-7-17-19(11-14)29-21(26-17)25-12-13-4-2-3-5-16(13)22/h2-11H,12H2,1H3,(H,23,27)(H,25,26). The lowest BCUT2D eigenvalue weighted by Crippen LogP contribution is -2.18. The van der Waals surface area contributed by atoms with E-state index in [0.29, 0.717) is 28.7 Å². The lowest BCUT2D eigenvalue weighted by atomic mass is 10.2. The third kappa shape index (κ3) is 4.33. The first-order valence-corrected chi connectivity index (χ1v) is 9.68. The van der Waals surface area contributed by atoms with Crippen LogP contribution < -0.4 is 15.4 Å². The lowest BCUT2D eigenvalue weighted by molar-refractivity contribution is 0.0958. The summed E-state index contributed by atoms with van der Waals surface area (Å²) >= 11 is 1.46. The number of hydrogen-bond acceptors (Lipinski definition) is 6. The highest BCUT2D eigenvalue weighted by molar-refractivity contribution is 7.22. The van der Waals surface area contributed by atoms with Crippen molar-refractivity contribution >= 4 is 32.6 Å². The molecule has 0 aliphatic heterocycles. The van der Waals surface area contributed by atoms with Crippen molar-refractivity contribution in [1.82, 2.24) is 15.3 Å². The highest BCUT2D eigenvalue weighted by Crippen LogP contribution is 2.31. The molecule has 0 aliphatic rings. The maximum atomic E-state index is 13.8. The number of thiazole rings is 1. The number of carbonyl (C=O) groups is 1. The van der Waals surface area contributed by atoms with Crippen LogP contribution in [0.15, 0.2) is 60.8 Å². The number of benzene rings is 2. The van der Waals surface area contributed by atoms with Crippen molar-refractivity contribution in [2.45, 2.75) is 6.54 Å². The highest BCUT2D eigenvalue weighted by atomic mass is 32.1. The number of fused-ring (bicyclic) bond motifs is 1. The normalized spacial score (nSPS) is 10.7. The molecule has 146 valence electrons. The maximum Gasteiger partial charge on any atom is 0.269 e. The van der Waals surface area contributed by atoms with E-state index in [-0.39, 0.29) is 17.4 Å². The zero-order chi connectivity index (χ0) is 20.2. The van der Waals surface area contributed by atoms with Gasteiger partial charge in [-0.25, -0.2) is 9.37 Å². The smallest absolute Gasteiger partial charge is 0.269 e. The zero-order valence-corrected chi connectivity index (χ0v) is 16.3. The minimum Gasteiger partial charge on any atom is -0.457 e. The first-order chi connectivity index (χ1) is 14.1. The van der Waals surface area contributed by atoms with Crippen LogP contribution in [-0.4, -0.2) is 22.9 Å². The van der Waals surface area contributed by atoms with Crippen LogP contribution in [0.5, 0.6) is 11.5 Å². The fraction of sp³-hybridized carbons (Fsp3) is 0.0952. The monoisotopic (exact) mass is 408 g/mol. The average molecular weight is 408 g/mol. The topological polar surface area (TPSA) is 76.1 Å². The van der Waals surface area contributed by atoms with E-state index < -0.39 is 0 Å². The van der Waals surface area contributed by atoms with E-state index in [4.69, 9.17) is 4.74 Å². The summed E-state index contributed by atoms with van der Waals surface area (Å²) in [6.07, 6.45) is 1.52. The molecule has 2 N–H and O–H groups in total. The molecule has 8 heteroatoms. The van der Waals surface area contributed by atoms with Gasteiger partial charge in [0.1, 0.15) is 23.0 Å². The average Bonchev–Trinajstić information content (AvgIpc) is 3.15. The minimum absolute atomic E-state index is 0.245. The molecular weight excluding hydrogens is 391 g/mol. The van der Waals surface area contributed by atoms with Gasteiger partial charge in [0.25, 0.3) is 5.91 Å². The Labute approximate surface area is 170 Å². The molecule has 0 fully saturated rings. The Morgan fingerprint density at radius 2 is 1.97 bits per heavy atom. The quantitative estimate of drug-likeness (QED) is 0.488. The SMILES string of the molecule is CNC(=O)c1cc(Oc2ccc3nc(NCc4ccccc4F)sc3c2)ccn1. The van der Waals surface area contributed by atoms with E-state index in [1.165, 1.54) is 23.6 Å². The third-order valence-electron chi connectivity index (χ3n) is 4.17. The molecule has 2 heterocycles. The second kappa shape index (κ2) is 8.24. The number of pyridine rings is 1. The summed E-state index contributed by atoms with van der Waals surface area (Å²) in [7, 11) is 1.55. The molecule has 6 nitrogen and oxygen atoms in total. The van der Waals surface area contributed by atoms with Crippen molar-refractivity contribution in [2.75, 3.05) is 12.4 Å². The molecule has 4 aromatic rings. The number of carbonyl (C=O) groups excluding carboxylic acids is 1. The van der Waals surface area contributed by atoms with Crippen LogP contribution in [-0.2, 0) is 6.54 Å². The second-order valence-electron chi connectivity index (χ2n) is 6.15. The number of hydrogen-bond donors (Lipinski definition) is 2. The molecule has 0 bridgehead atoms. The molecule has 0 saturated carbocycles. The van der Waals surface area contributed by atoms with Crippen LogP contribution in [0.25, 0.3) is 10.2 Å². The van der Waals surface area contributed by atoms with Gasteiger partial charge in [0.05, 0.1) is 10.2 Å². The summed E-state index contributed by atoms with van der Waals surface area (Å²) in [5, 5.41) is 6.39. The Morgan fingerprint density at radius 1 is 1.14 bits per heavy atom. The van der Waals surface area contributed by atoms with Gasteiger partial charge in [0, 0.05) is 37.5 Å². The van der Waals surface area contributed by atoms with Gasteiger partial charge in [-0.1, -0.05) is 29.5 Å². The van der Waals surface area contributed by atoms with Gasteiger partial charge >= 0.3 is 0 Å². The fourth-order valence-electron chi connectivity index (χ4n) is 2.72. The summed E-state index contributed by atoms with van der Waals surface area (Å²) in [5.41, 5.74) is 1.68. The van der Waals surface area contributed by atoms with Gasteiger partial charge in [-0.2, -0.15) is 0 Å². The van der Waals surface area contributed by atoms with E-state index in [0.717, 1.165) is 10.2 Å². The highest BCUT2D eigenvalue weighted by Gasteiger charge is 2.09. The van der Waals surface area contributed by atoms with E-state index in [1.807, 2.05) is 18.2 Å². The van der Waals surface area contributed by atoms with Crippen molar-refractivity contribution in [2.24, 2.45) is 0 Å². The van der Waals surface area contributed by atoms with Gasteiger partial charge in [0.15, 0.2) is 5.13 Å². The molecule has 0 unspecified atom stereocenters. The van der Waals surface area contributed by atoms with Crippen LogP contribution in [0.2, 0.25) is 0 Å². The van der Waals surface area contributed by atoms with Crippen LogP contribution in [0, 0.1) is 5.82 Å². The predicted molar refractivity (Wildman–Crippen MR) is 111 cm³/mol. The Morgan fingerprint density at radius 3 is 2.79 bits per heavy atom. The van der Waals surface area contributed by atoms with Crippen LogP contribution in [0.3, 0.4) is 0 Å². The zero-order valence-electron chi connectivity index (χ0n) is 15.5. The van der Waals surface area contributed by atoms with E-state index >= 15 is 0 Å². The largest absolute Gasteiger partial charge is 0.457 e. The van der Waals surface area contributed by atoms with Crippen molar-refractivity contribution in [3.63, 3.8) is 0 Å². The number of ether oxygens (including phenoxy) is 1. The predicted octanol–water partition coefficient (Wildman–Crippen LogP) is 4.59. The summed E-state index contributed by atoms with van der Waals surface area (Å²) in [4.78, 5) is 20.3. The molecule has 0 atom stereocenters. The van der Waals surface area contributed by atoms with Crippen molar-refractivity contribution < 1.29 is 13.9 Å². The van der Waals surface area contributed by atoms with Crippen LogP contribution in [0.1, 0.15) is 16.1 Å². The summed E-state index contributed by atoms with van der Waals surface area (Å²) in [6, 6.07) is 15.5. The van der Waals surface area contributed by atoms with Gasteiger partial charge in [-0.3, -0.25) is 9.78 Å². The lowest BCUT2D eigenvalue weighted by Gasteiger charge is -2.06. The van der Waals surface area contributed by atoms with Crippen molar-refractivity contribution in [3.8, 4) is 11.5 Å². The molecule has 0 radical (unpaired) electrons. The minimum atomic E-state index is -0.279. The summed E-state index contributed by atoms with van der Waals surface area (Å²) in [6.45, 7) is 0.356. The van der Waals surface area contributed by atoms with Gasteiger partial charge in [-0.15, -0.1) is 0 Å². The molecule has 0 saturated heterocycles. The van der Waals surface area contributed by atoms with Crippen LogP contribution >= 0.6 is 11.3 Å². The molecule has 4 rings (SSSR count). The van der Waals surface area contributed by atoms with E-state index in [9.17, 15) is 9.18 Å². The Balaban J connectivity index is 1.50. The molecular formula is C21H17FN4O2S. The summed E-state index contributed by atoms with van der Waals surface area (Å²) in [5.74, 6) is 0.612. The van der Waals surface area contributed by atoms with Gasteiger partial charge in [-0.05, 0) is 24.3 Å². The molecule has 29 heavy (non-hydrogen) atoms. The number of anilines is 1. The molecule has 0 spiro atoms. The van der Waals surface area contributed by atoms with Gasteiger partial charge in [0.2, 0.25) is 0 Å². The third-order valence-corrected chi connectivity index (χ3v) is 5.15. The molecule has 0 aliphatic carbocycles. The van der Waals surface area contributed by atoms with Crippen molar-refractivity contribution in [3.05, 3.63) is 77.9 Å². The second-order valence-corrected chi connectivity index (χ2v) is 7.18. The number of aromatic nitrogens is 2. The first-order valence-electron chi connectivity index (χ1n) is 8.86.